The molecule has 0 fully saturated rings. The predicted octanol–water partition coefficient (Wildman–Crippen LogP) is 5.50. The van der Waals surface area contributed by atoms with E-state index in [-0.39, 0.29) is 12.2 Å². The van der Waals surface area contributed by atoms with Crippen molar-refractivity contribution in [2.45, 2.75) is 89.5 Å². The van der Waals surface area contributed by atoms with Gasteiger partial charge in [0.1, 0.15) is 0 Å². The molecule has 0 heterocycles. The zero-order chi connectivity index (χ0) is 15.3. The molecule has 0 aromatic rings. The third kappa shape index (κ3) is 4.30. The minimum absolute atomic E-state index is 0.237. The Kier molecular flexibility index (Phi) is 6.27. The molecule has 0 bridgehead atoms. The van der Waals surface area contributed by atoms with E-state index in [0.29, 0.717) is 11.1 Å². The van der Waals surface area contributed by atoms with Gasteiger partial charge in [0.05, 0.1) is 0 Å². The summed E-state index contributed by atoms with van der Waals surface area (Å²) in [6, 6.07) is 0. The first-order chi connectivity index (χ1) is 10.0. The lowest BCUT2D eigenvalue weighted by atomic mass is 10.1. The Morgan fingerprint density at radius 2 is 1.24 bits per heavy atom. The summed E-state index contributed by atoms with van der Waals surface area (Å²) in [5, 5.41) is 0. The lowest BCUT2D eigenvalue weighted by molar-refractivity contribution is 0.0921. The highest BCUT2D eigenvalue weighted by molar-refractivity contribution is 6.71. The standard InChI is InChI=1S/C18H32O2Si/c1-15(2)19-21(20-16(3)4,17-11-7-5-8-12-17)18-13-9-6-10-14-18/h7,9,11,13,15-18H,5-6,8,10,12,14H2,1-4H3. The van der Waals surface area contributed by atoms with Gasteiger partial charge in [0.15, 0.2) is 0 Å². The summed E-state index contributed by atoms with van der Waals surface area (Å²) in [6.45, 7) is 8.63. The SMILES string of the molecule is CC(C)O[Si](OC(C)C)(C1C=CCCC1)C1C=CCCC1. The van der Waals surface area contributed by atoms with Crippen molar-refractivity contribution in [1.29, 1.82) is 0 Å². The number of rotatable bonds is 6. The average molecular weight is 309 g/mol. The van der Waals surface area contributed by atoms with Crippen LogP contribution in [0.25, 0.3) is 0 Å². The summed E-state index contributed by atoms with van der Waals surface area (Å²) in [4.78, 5) is 0. The van der Waals surface area contributed by atoms with Crippen molar-refractivity contribution < 1.29 is 8.85 Å². The Morgan fingerprint density at radius 3 is 1.52 bits per heavy atom. The molecule has 2 unspecified atom stereocenters. The lowest BCUT2D eigenvalue weighted by Crippen LogP contribution is -2.53. The van der Waals surface area contributed by atoms with Crippen LogP contribution in [0.4, 0.5) is 0 Å². The van der Waals surface area contributed by atoms with Crippen LogP contribution in [0.15, 0.2) is 24.3 Å². The molecule has 2 aliphatic rings. The highest BCUT2D eigenvalue weighted by atomic mass is 28.4. The van der Waals surface area contributed by atoms with Gasteiger partial charge in [-0.2, -0.15) is 0 Å². The fourth-order valence-electron chi connectivity index (χ4n) is 3.68. The molecule has 2 nitrogen and oxygen atoms in total. The van der Waals surface area contributed by atoms with Gasteiger partial charge < -0.3 is 8.85 Å². The van der Waals surface area contributed by atoms with Crippen molar-refractivity contribution in [3.8, 4) is 0 Å². The molecule has 0 saturated heterocycles. The van der Waals surface area contributed by atoms with Gasteiger partial charge in [0, 0.05) is 23.3 Å². The Hall–Kier alpha value is -0.383. The lowest BCUT2D eigenvalue weighted by Gasteiger charge is -2.44. The number of hydrogen-bond acceptors (Lipinski definition) is 2. The van der Waals surface area contributed by atoms with Gasteiger partial charge in [-0.25, -0.2) is 0 Å². The van der Waals surface area contributed by atoms with E-state index in [2.05, 4.69) is 52.0 Å². The van der Waals surface area contributed by atoms with E-state index in [0.717, 1.165) is 0 Å². The monoisotopic (exact) mass is 308 g/mol. The molecule has 0 saturated carbocycles. The number of hydrogen-bond donors (Lipinski definition) is 0. The molecule has 120 valence electrons. The summed E-state index contributed by atoms with van der Waals surface area (Å²) in [6.07, 6.45) is 17.4. The van der Waals surface area contributed by atoms with E-state index in [4.69, 9.17) is 8.85 Å². The molecule has 3 heteroatoms. The maximum absolute atomic E-state index is 6.64. The van der Waals surface area contributed by atoms with Crippen LogP contribution in [0.1, 0.15) is 66.2 Å². The molecule has 0 aromatic carbocycles. The molecule has 2 rings (SSSR count). The maximum atomic E-state index is 6.64. The van der Waals surface area contributed by atoms with Gasteiger partial charge in [-0.1, -0.05) is 24.3 Å². The molecule has 2 aliphatic carbocycles. The van der Waals surface area contributed by atoms with E-state index in [1.807, 2.05) is 0 Å². The van der Waals surface area contributed by atoms with Gasteiger partial charge in [-0.3, -0.25) is 0 Å². The van der Waals surface area contributed by atoms with Crippen LogP contribution in [-0.4, -0.2) is 20.8 Å². The molecule has 0 aliphatic heterocycles. The summed E-state index contributed by atoms with van der Waals surface area (Å²) < 4.78 is 13.3. The smallest absolute Gasteiger partial charge is 0.352 e. The van der Waals surface area contributed by atoms with Crippen molar-refractivity contribution in [1.82, 2.24) is 0 Å². The second kappa shape index (κ2) is 7.75. The second-order valence-corrected chi connectivity index (χ2v) is 10.4. The first-order valence-corrected chi connectivity index (χ1v) is 10.7. The zero-order valence-electron chi connectivity index (χ0n) is 14.2. The van der Waals surface area contributed by atoms with E-state index < -0.39 is 8.56 Å². The van der Waals surface area contributed by atoms with Crippen molar-refractivity contribution in [3.63, 3.8) is 0 Å². The van der Waals surface area contributed by atoms with E-state index >= 15 is 0 Å². The summed E-state index contributed by atoms with van der Waals surface area (Å²) in [5.41, 5.74) is 1.01. The molecule has 21 heavy (non-hydrogen) atoms. The van der Waals surface area contributed by atoms with Gasteiger partial charge in [0.25, 0.3) is 0 Å². The van der Waals surface area contributed by atoms with Crippen LogP contribution in [0.3, 0.4) is 0 Å². The molecule has 0 aromatic heterocycles. The maximum Gasteiger partial charge on any atom is 0.352 e. The topological polar surface area (TPSA) is 18.5 Å². The van der Waals surface area contributed by atoms with E-state index in [1.54, 1.807) is 0 Å². The number of allylic oxidation sites excluding steroid dienone is 4. The highest BCUT2D eigenvalue weighted by Gasteiger charge is 2.52. The Morgan fingerprint density at radius 1 is 0.810 bits per heavy atom. The zero-order valence-corrected chi connectivity index (χ0v) is 15.2. The molecule has 0 spiro atoms. The van der Waals surface area contributed by atoms with Crippen molar-refractivity contribution in [3.05, 3.63) is 24.3 Å². The minimum atomic E-state index is -2.29. The predicted molar refractivity (Wildman–Crippen MR) is 91.7 cm³/mol. The normalized spacial score (nSPS) is 26.8. The molecule has 0 amide bonds. The van der Waals surface area contributed by atoms with Gasteiger partial charge >= 0.3 is 8.56 Å². The fraction of sp³-hybridized carbons (Fsp3) is 0.778. The third-order valence-corrected chi connectivity index (χ3v) is 9.09. The minimum Gasteiger partial charge on any atom is -0.391 e. The molecule has 0 radical (unpaired) electrons. The summed E-state index contributed by atoms with van der Waals surface area (Å²) >= 11 is 0. The Labute approximate surface area is 131 Å². The Bertz CT molecular complexity index is 337. The van der Waals surface area contributed by atoms with Crippen LogP contribution >= 0.6 is 0 Å². The van der Waals surface area contributed by atoms with Crippen LogP contribution in [0, 0.1) is 0 Å². The first kappa shape index (κ1) is 17.0. The average Bonchev–Trinajstić information content (AvgIpc) is 2.47. The van der Waals surface area contributed by atoms with Crippen LogP contribution in [0.2, 0.25) is 11.1 Å². The van der Waals surface area contributed by atoms with E-state index in [9.17, 15) is 0 Å². The second-order valence-electron chi connectivity index (χ2n) is 6.99. The Balaban J connectivity index is 2.35. The van der Waals surface area contributed by atoms with Gasteiger partial charge in [0.2, 0.25) is 0 Å². The summed E-state index contributed by atoms with van der Waals surface area (Å²) in [7, 11) is -2.29. The summed E-state index contributed by atoms with van der Waals surface area (Å²) in [5.74, 6) is 0. The molecular weight excluding hydrogens is 276 g/mol. The van der Waals surface area contributed by atoms with Crippen molar-refractivity contribution in [2.24, 2.45) is 0 Å². The highest BCUT2D eigenvalue weighted by Crippen LogP contribution is 2.46. The molecular formula is C18H32O2Si. The van der Waals surface area contributed by atoms with E-state index in [1.165, 1.54) is 38.5 Å². The van der Waals surface area contributed by atoms with Gasteiger partial charge in [-0.05, 0) is 66.2 Å². The van der Waals surface area contributed by atoms with Crippen molar-refractivity contribution in [2.75, 3.05) is 0 Å². The van der Waals surface area contributed by atoms with Crippen LogP contribution in [-0.2, 0) is 8.85 Å². The fourth-order valence-corrected chi connectivity index (χ4v) is 8.48. The van der Waals surface area contributed by atoms with Crippen molar-refractivity contribution >= 4 is 8.56 Å². The third-order valence-electron chi connectivity index (χ3n) is 4.38. The van der Waals surface area contributed by atoms with Crippen LogP contribution in [0.5, 0.6) is 0 Å². The quantitative estimate of drug-likeness (QED) is 0.476. The first-order valence-electron chi connectivity index (χ1n) is 8.73. The van der Waals surface area contributed by atoms with Crippen LogP contribution < -0.4 is 0 Å². The molecule has 2 atom stereocenters. The van der Waals surface area contributed by atoms with Gasteiger partial charge in [-0.15, -0.1) is 0 Å². The largest absolute Gasteiger partial charge is 0.391 e. The molecule has 0 N–H and O–H groups in total.